The van der Waals surface area contributed by atoms with Crippen LogP contribution in [0, 0.1) is 0 Å². The van der Waals surface area contributed by atoms with Crippen LogP contribution < -0.4 is 0 Å². The fraction of sp³-hybridized carbons (Fsp3) is 0.545. The van der Waals surface area contributed by atoms with Crippen molar-refractivity contribution < 1.29 is 18.3 Å². The Kier molecular flexibility index (Phi) is 4.24. The molecule has 6 nitrogen and oxygen atoms in total. The lowest BCUT2D eigenvalue weighted by atomic mass is 10.2. The maximum absolute atomic E-state index is 11.4. The number of thiophene rings is 1. The summed E-state index contributed by atoms with van der Waals surface area (Å²) in [6.07, 6.45) is 1.22. The third-order valence-electron chi connectivity index (χ3n) is 3.07. The minimum atomic E-state index is -3.10. The minimum absolute atomic E-state index is 0.338. The summed E-state index contributed by atoms with van der Waals surface area (Å²) in [4.78, 5) is 13.3. The summed E-state index contributed by atoms with van der Waals surface area (Å²) < 4.78 is 24.2. The van der Waals surface area contributed by atoms with Crippen molar-refractivity contribution in [3.63, 3.8) is 0 Å². The van der Waals surface area contributed by atoms with Crippen LogP contribution in [-0.4, -0.2) is 61.1 Å². The number of nitrogens with zero attached hydrogens (tertiary/aromatic N) is 2. The molecule has 0 saturated carbocycles. The molecule has 1 aromatic heterocycles. The standard InChI is InChI=1S/C11H16N2O4S2/c1-19(16,17)13-4-2-12(3-5-13)7-9-6-10(11(14)15)18-8-9/h6,8H,2-5,7H2,1H3,(H,14,15). The minimum Gasteiger partial charge on any atom is -0.477 e. The molecule has 19 heavy (non-hydrogen) atoms. The molecule has 0 bridgehead atoms. The third-order valence-corrected chi connectivity index (χ3v) is 5.34. The molecule has 0 amide bonds. The maximum atomic E-state index is 11.4. The molecule has 1 aliphatic heterocycles. The molecule has 1 saturated heterocycles. The van der Waals surface area contributed by atoms with Gasteiger partial charge in [0, 0.05) is 32.7 Å². The number of aromatic carboxylic acids is 1. The second kappa shape index (κ2) is 5.58. The number of sulfonamides is 1. The zero-order chi connectivity index (χ0) is 14.0. The molecular weight excluding hydrogens is 288 g/mol. The Morgan fingerprint density at radius 2 is 2.00 bits per heavy atom. The predicted octanol–water partition coefficient (Wildman–Crippen LogP) is 0.523. The third kappa shape index (κ3) is 3.75. The molecule has 1 fully saturated rings. The molecule has 1 N–H and O–H groups in total. The lowest BCUT2D eigenvalue weighted by Gasteiger charge is -2.32. The summed E-state index contributed by atoms with van der Waals surface area (Å²) in [5.41, 5.74) is 0.968. The highest BCUT2D eigenvalue weighted by atomic mass is 32.2. The first kappa shape index (κ1) is 14.4. The number of hydrogen-bond acceptors (Lipinski definition) is 5. The van der Waals surface area contributed by atoms with E-state index in [4.69, 9.17) is 5.11 Å². The van der Waals surface area contributed by atoms with Crippen LogP contribution in [0.2, 0.25) is 0 Å². The van der Waals surface area contributed by atoms with Crippen LogP contribution in [-0.2, 0) is 16.6 Å². The van der Waals surface area contributed by atoms with Crippen LogP contribution in [0.5, 0.6) is 0 Å². The molecule has 0 aromatic carbocycles. The lowest BCUT2D eigenvalue weighted by Crippen LogP contribution is -2.47. The molecule has 1 aliphatic rings. The summed E-state index contributed by atoms with van der Waals surface area (Å²) in [5, 5.41) is 10.7. The fourth-order valence-corrected chi connectivity index (χ4v) is 3.62. The first-order valence-electron chi connectivity index (χ1n) is 5.84. The average Bonchev–Trinajstić information content (AvgIpc) is 2.77. The van der Waals surface area contributed by atoms with Gasteiger partial charge in [0.05, 0.1) is 6.26 Å². The van der Waals surface area contributed by atoms with Crippen LogP contribution in [0.3, 0.4) is 0 Å². The Hall–Kier alpha value is -0.960. The Bertz CT molecular complexity index is 559. The Labute approximate surface area is 116 Å². The van der Waals surface area contributed by atoms with Crippen molar-refractivity contribution in [2.45, 2.75) is 6.54 Å². The van der Waals surface area contributed by atoms with Gasteiger partial charge in [0.25, 0.3) is 0 Å². The van der Waals surface area contributed by atoms with Gasteiger partial charge in [-0.3, -0.25) is 4.90 Å². The summed E-state index contributed by atoms with van der Waals surface area (Å²) in [6.45, 7) is 3.00. The van der Waals surface area contributed by atoms with Crippen molar-refractivity contribution >= 4 is 27.3 Å². The fourth-order valence-electron chi connectivity index (χ4n) is 2.05. The molecule has 0 atom stereocenters. The van der Waals surface area contributed by atoms with Crippen LogP contribution in [0.1, 0.15) is 15.2 Å². The Morgan fingerprint density at radius 3 is 2.47 bits per heavy atom. The molecule has 2 heterocycles. The lowest BCUT2D eigenvalue weighted by molar-refractivity contribution is 0.0702. The Morgan fingerprint density at radius 1 is 1.37 bits per heavy atom. The molecule has 2 rings (SSSR count). The van der Waals surface area contributed by atoms with Crippen molar-refractivity contribution in [2.24, 2.45) is 0 Å². The van der Waals surface area contributed by atoms with Crippen LogP contribution in [0.4, 0.5) is 0 Å². The van der Waals surface area contributed by atoms with Gasteiger partial charge in [0.2, 0.25) is 10.0 Å². The first-order valence-corrected chi connectivity index (χ1v) is 8.57. The van der Waals surface area contributed by atoms with Crippen molar-refractivity contribution in [3.8, 4) is 0 Å². The van der Waals surface area contributed by atoms with Crippen molar-refractivity contribution in [1.29, 1.82) is 0 Å². The van der Waals surface area contributed by atoms with Crippen LogP contribution in [0.15, 0.2) is 11.4 Å². The highest BCUT2D eigenvalue weighted by Gasteiger charge is 2.23. The number of carboxylic acid groups (broad SMARTS) is 1. The van der Waals surface area contributed by atoms with E-state index < -0.39 is 16.0 Å². The Balaban J connectivity index is 1.90. The maximum Gasteiger partial charge on any atom is 0.345 e. The van der Waals surface area contributed by atoms with Gasteiger partial charge in [0.15, 0.2) is 0 Å². The SMILES string of the molecule is CS(=O)(=O)N1CCN(Cc2csc(C(=O)O)c2)CC1. The number of carboxylic acids is 1. The van der Waals surface area contributed by atoms with E-state index >= 15 is 0 Å². The van der Waals surface area contributed by atoms with E-state index in [0.29, 0.717) is 37.6 Å². The monoisotopic (exact) mass is 304 g/mol. The largest absolute Gasteiger partial charge is 0.477 e. The van der Waals surface area contributed by atoms with Gasteiger partial charge < -0.3 is 5.11 Å². The molecule has 0 spiro atoms. The molecule has 0 unspecified atom stereocenters. The average molecular weight is 304 g/mol. The number of rotatable bonds is 4. The second-order valence-electron chi connectivity index (χ2n) is 4.56. The number of hydrogen-bond donors (Lipinski definition) is 1. The quantitative estimate of drug-likeness (QED) is 0.877. The van der Waals surface area contributed by atoms with Gasteiger partial charge in [-0.1, -0.05) is 0 Å². The summed E-state index contributed by atoms with van der Waals surface area (Å²) >= 11 is 1.22. The number of piperazine rings is 1. The van der Waals surface area contributed by atoms with E-state index in [1.807, 2.05) is 5.38 Å². The van der Waals surface area contributed by atoms with Gasteiger partial charge >= 0.3 is 5.97 Å². The first-order chi connectivity index (χ1) is 8.86. The summed E-state index contributed by atoms with van der Waals surface area (Å²) in [7, 11) is -3.10. The molecule has 106 valence electrons. The van der Waals surface area contributed by atoms with Gasteiger partial charge in [0.1, 0.15) is 4.88 Å². The molecule has 0 aliphatic carbocycles. The van der Waals surface area contributed by atoms with Crippen molar-refractivity contribution in [2.75, 3.05) is 32.4 Å². The normalized spacial score (nSPS) is 18.6. The van der Waals surface area contributed by atoms with Crippen molar-refractivity contribution in [3.05, 3.63) is 21.9 Å². The topological polar surface area (TPSA) is 77.9 Å². The number of carbonyl (C=O) groups is 1. The summed E-state index contributed by atoms with van der Waals surface area (Å²) in [5.74, 6) is -0.904. The van der Waals surface area contributed by atoms with Gasteiger partial charge in [-0.15, -0.1) is 11.3 Å². The summed E-state index contributed by atoms with van der Waals surface area (Å²) in [6, 6.07) is 1.68. The van der Waals surface area contributed by atoms with Crippen molar-refractivity contribution in [1.82, 2.24) is 9.21 Å². The van der Waals surface area contributed by atoms with E-state index in [-0.39, 0.29) is 0 Å². The zero-order valence-corrected chi connectivity index (χ0v) is 12.2. The smallest absolute Gasteiger partial charge is 0.345 e. The molecule has 0 radical (unpaired) electrons. The van der Waals surface area contributed by atoms with Gasteiger partial charge in [-0.25, -0.2) is 13.2 Å². The molecule has 1 aromatic rings. The second-order valence-corrected chi connectivity index (χ2v) is 7.46. The van der Waals surface area contributed by atoms with Gasteiger partial charge in [-0.2, -0.15) is 4.31 Å². The van der Waals surface area contributed by atoms with E-state index in [9.17, 15) is 13.2 Å². The molecule has 8 heteroatoms. The van der Waals surface area contributed by atoms with E-state index in [1.165, 1.54) is 21.9 Å². The highest BCUT2D eigenvalue weighted by molar-refractivity contribution is 7.88. The van der Waals surface area contributed by atoms with Crippen LogP contribution in [0.25, 0.3) is 0 Å². The predicted molar refractivity (Wildman–Crippen MR) is 73.0 cm³/mol. The molecular formula is C11H16N2O4S2. The van der Waals surface area contributed by atoms with Gasteiger partial charge in [-0.05, 0) is 17.0 Å². The van der Waals surface area contributed by atoms with E-state index in [1.54, 1.807) is 6.07 Å². The van der Waals surface area contributed by atoms with E-state index in [2.05, 4.69) is 4.90 Å². The van der Waals surface area contributed by atoms with E-state index in [0.717, 1.165) is 5.56 Å². The highest BCUT2D eigenvalue weighted by Crippen LogP contribution is 2.17. The van der Waals surface area contributed by atoms with Crippen LogP contribution >= 0.6 is 11.3 Å². The zero-order valence-electron chi connectivity index (χ0n) is 10.6.